The molecule has 1 aromatic carbocycles. The first kappa shape index (κ1) is 16.1. The second kappa shape index (κ2) is 6.47. The van der Waals surface area contributed by atoms with Crippen LogP contribution < -0.4 is 15.4 Å². The Bertz CT molecular complexity index is 520. The summed E-state index contributed by atoms with van der Waals surface area (Å²) in [6.07, 6.45) is -5.02. The molecule has 0 aliphatic rings. The number of amides is 2. The third-order valence-corrected chi connectivity index (χ3v) is 2.40. The Balaban J connectivity index is 2.55. The summed E-state index contributed by atoms with van der Waals surface area (Å²) in [6.45, 7) is -0.804. The number of methoxy groups -OCH3 is 1. The molecule has 9 heteroatoms. The van der Waals surface area contributed by atoms with Crippen LogP contribution >= 0.6 is 11.6 Å². The summed E-state index contributed by atoms with van der Waals surface area (Å²) >= 11 is 5.81. The molecule has 0 bridgehead atoms. The monoisotopic (exact) mass is 310 g/mol. The van der Waals surface area contributed by atoms with Gasteiger partial charge in [-0.1, -0.05) is 11.6 Å². The maximum atomic E-state index is 11.9. The van der Waals surface area contributed by atoms with Crippen molar-refractivity contribution in [2.75, 3.05) is 19.0 Å². The predicted octanol–water partition coefficient (Wildman–Crippen LogP) is 1.97. The zero-order valence-corrected chi connectivity index (χ0v) is 10.9. The lowest BCUT2D eigenvalue weighted by molar-refractivity contribution is -0.173. The summed E-state index contributed by atoms with van der Waals surface area (Å²) in [7, 11) is 1.41. The van der Waals surface area contributed by atoms with Gasteiger partial charge in [-0.3, -0.25) is 9.59 Å². The Morgan fingerprint density at radius 1 is 1.35 bits per heavy atom. The molecule has 0 atom stereocenters. The topological polar surface area (TPSA) is 67.4 Å². The molecule has 0 aliphatic carbocycles. The number of hydrogen-bond acceptors (Lipinski definition) is 3. The van der Waals surface area contributed by atoms with E-state index in [0.717, 1.165) is 0 Å². The van der Waals surface area contributed by atoms with Crippen LogP contribution in [0.2, 0.25) is 5.02 Å². The number of halogens is 4. The normalized spacial score (nSPS) is 10.8. The van der Waals surface area contributed by atoms with Crippen molar-refractivity contribution in [2.24, 2.45) is 0 Å². The molecule has 0 saturated carbocycles. The van der Waals surface area contributed by atoms with Crippen LogP contribution in [-0.4, -0.2) is 31.6 Å². The SMILES string of the molecule is COc1ccc(NC(=O)CNC(=O)C(F)(F)F)cc1Cl. The zero-order valence-electron chi connectivity index (χ0n) is 10.2. The number of nitrogens with one attached hydrogen (secondary N) is 2. The van der Waals surface area contributed by atoms with Crippen LogP contribution in [0.15, 0.2) is 18.2 Å². The first-order chi connectivity index (χ1) is 9.24. The van der Waals surface area contributed by atoms with Crippen molar-refractivity contribution in [3.8, 4) is 5.75 Å². The molecular formula is C11H10ClF3N2O3. The van der Waals surface area contributed by atoms with Crippen molar-refractivity contribution in [1.29, 1.82) is 0 Å². The Labute approximate surface area is 117 Å². The second-order valence-electron chi connectivity index (χ2n) is 3.58. The van der Waals surface area contributed by atoms with Crippen molar-refractivity contribution in [3.63, 3.8) is 0 Å². The first-order valence-electron chi connectivity index (χ1n) is 5.22. The van der Waals surface area contributed by atoms with Crippen LogP contribution in [0.1, 0.15) is 0 Å². The molecule has 0 unspecified atom stereocenters. The fourth-order valence-corrected chi connectivity index (χ4v) is 1.47. The van der Waals surface area contributed by atoms with E-state index in [9.17, 15) is 22.8 Å². The summed E-state index contributed by atoms with van der Waals surface area (Å²) in [4.78, 5) is 21.8. The van der Waals surface area contributed by atoms with E-state index in [1.165, 1.54) is 30.6 Å². The quantitative estimate of drug-likeness (QED) is 0.893. The largest absolute Gasteiger partial charge is 0.495 e. The molecule has 2 amide bonds. The van der Waals surface area contributed by atoms with Gasteiger partial charge >= 0.3 is 12.1 Å². The molecule has 0 aliphatic heterocycles. The number of ether oxygens (including phenoxy) is 1. The molecular weight excluding hydrogens is 301 g/mol. The Morgan fingerprint density at radius 2 is 2.00 bits per heavy atom. The number of rotatable bonds is 4. The Morgan fingerprint density at radius 3 is 2.50 bits per heavy atom. The van der Waals surface area contributed by atoms with Gasteiger partial charge in [-0.15, -0.1) is 0 Å². The van der Waals surface area contributed by atoms with E-state index in [0.29, 0.717) is 5.75 Å². The summed E-state index contributed by atoms with van der Waals surface area (Å²) in [5.74, 6) is -2.61. The zero-order chi connectivity index (χ0) is 15.3. The molecule has 0 aromatic heterocycles. The van der Waals surface area contributed by atoms with Gasteiger partial charge < -0.3 is 15.4 Å². The maximum Gasteiger partial charge on any atom is 0.471 e. The fraction of sp³-hybridized carbons (Fsp3) is 0.273. The maximum absolute atomic E-state index is 11.9. The Kier molecular flexibility index (Phi) is 5.20. The van der Waals surface area contributed by atoms with E-state index in [2.05, 4.69) is 5.32 Å². The number of anilines is 1. The lowest BCUT2D eigenvalue weighted by Crippen LogP contribution is -2.41. The van der Waals surface area contributed by atoms with Crippen LogP contribution in [0.5, 0.6) is 5.75 Å². The van der Waals surface area contributed by atoms with E-state index >= 15 is 0 Å². The molecule has 0 spiro atoms. The first-order valence-corrected chi connectivity index (χ1v) is 5.60. The van der Waals surface area contributed by atoms with Crippen LogP contribution in [0.4, 0.5) is 18.9 Å². The number of benzene rings is 1. The van der Waals surface area contributed by atoms with E-state index in [-0.39, 0.29) is 10.7 Å². The molecule has 0 heterocycles. The summed E-state index contributed by atoms with van der Waals surface area (Å²) < 4.78 is 40.6. The van der Waals surface area contributed by atoms with E-state index in [1.807, 2.05) is 0 Å². The standard InChI is InChI=1S/C11H10ClF3N2O3/c1-20-8-3-2-6(4-7(8)12)17-9(18)5-16-10(19)11(13,14)15/h2-4H,5H2,1H3,(H,16,19)(H,17,18). The highest BCUT2D eigenvalue weighted by Gasteiger charge is 2.38. The minimum atomic E-state index is -5.02. The molecule has 20 heavy (non-hydrogen) atoms. The van der Waals surface area contributed by atoms with Gasteiger partial charge in [0.25, 0.3) is 0 Å². The van der Waals surface area contributed by atoms with Gasteiger partial charge in [0.1, 0.15) is 5.75 Å². The van der Waals surface area contributed by atoms with Gasteiger partial charge in [-0.25, -0.2) is 0 Å². The van der Waals surface area contributed by atoms with Crippen molar-refractivity contribution in [1.82, 2.24) is 5.32 Å². The second-order valence-corrected chi connectivity index (χ2v) is 3.99. The molecule has 0 saturated heterocycles. The molecule has 1 aromatic rings. The molecule has 110 valence electrons. The lowest BCUT2D eigenvalue weighted by atomic mass is 10.3. The smallest absolute Gasteiger partial charge is 0.471 e. The van der Waals surface area contributed by atoms with Crippen LogP contribution in [0.3, 0.4) is 0 Å². The minimum Gasteiger partial charge on any atom is -0.495 e. The molecule has 0 radical (unpaired) electrons. The van der Waals surface area contributed by atoms with Crippen molar-refractivity contribution in [3.05, 3.63) is 23.2 Å². The van der Waals surface area contributed by atoms with Crippen LogP contribution in [0.25, 0.3) is 0 Å². The molecule has 2 N–H and O–H groups in total. The van der Waals surface area contributed by atoms with Gasteiger partial charge in [-0.2, -0.15) is 13.2 Å². The number of carbonyl (C=O) groups is 2. The molecule has 5 nitrogen and oxygen atoms in total. The molecule has 1 rings (SSSR count). The third-order valence-electron chi connectivity index (χ3n) is 2.10. The fourth-order valence-electron chi connectivity index (χ4n) is 1.21. The van der Waals surface area contributed by atoms with Gasteiger partial charge in [0.15, 0.2) is 0 Å². The van der Waals surface area contributed by atoms with Gasteiger partial charge in [0, 0.05) is 5.69 Å². The highest BCUT2D eigenvalue weighted by molar-refractivity contribution is 6.32. The predicted molar refractivity (Wildman–Crippen MR) is 65.7 cm³/mol. The molecule has 0 fully saturated rings. The Hall–Kier alpha value is -1.96. The van der Waals surface area contributed by atoms with Gasteiger partial charge in [0.05, 0.1) is 18.7 Å². The van der Waals surface area contributed by atoms with E-state index < -0.39 is 24.5 Å². The average molecular weight is 311 g/mol. The van der Waals surface area contributed by atoms with E-state index in [1.54, 1.807) is 0 Å². The van der Waals surface area contributed by atoms with Crippen molar-refractivity contribution >= 4 is 29.1 Å². The van der Waals surface area contributed by atoms with Crippen molar-refractivity contribution < 1.29 is 27.5 Å². The summed E-state index contributed by atoms with van der Waals surface area (Å²) in [6, 6.07) is 4.30. The summed E-state index contributed by atoms with van der Waals surface area (Å²) in [5, 5.41) is 3.95. The van der Waals surface area contributed by atoms with Gasteiger partial charge in [-0.05, 0) is 18.2 Å². The third kappa shape index (κ3) is 4.61. The highest BCUT2D eigenvalue weighted by atomic mass is 35.5. The number of alkyl halides is 3. The number of hydrogen-bond donors (Lipinski definition) is 2. The average Bonchev–Trinajstić information content (AvgIpc) is 2.35. The highest BCUT2D eigenvalue weighted by Crippen LogP contribution is 2.27. The number of carbonyl (C=O) groups excluding carboxylic acids is 2. The van der Waals surface area contributed by atoms with E-state index in [4.69, 9.17) is 16.3 Å². The summed E-state index contributed by atoms with van der Waals surface area (Å²) in [5.41, 5.74) is 0.266. The lowest BCUT2D eigenvalue weighted by Gasteiger charge is -2.09. The minimum absolute atomic E-state index is 0.227. The van der Waals surface area contributed by atoms with Crippen molar-refractivity contribution in [2.45, 2.75) is 6.18 Å². The van der Waals surface area contributed by atoms with Crippen LogP contribution in [-0.2, 0) is 9.59 Å². The van der Waals surface area contributed by atoms with Gasteiger partial charge in [0.2, 0.25) is 5.91 Å². The van der Waals surface area contributed by atoms with Crippen LogP contribution in [0, 0.1) is 0 Å².